The number of hydrogen-bond acceptors (Lipinski definition) is 4. The maximum Gasteiger partial charge on any atom is 0.240 e. The summed E-state index contributed by atoms with van der Waals surface area (Å²) in [4.78, 5) is 13.2. The van der Waals surface area contributed by atoms with Crippen LogP contribution in [0.25, 0.3) is 0 Å². The fourth-order valence-electron chi connectivity index (χ4n) is 2.98. The highest BCUT2D eigenvalue weighted by atomic mass is 32.1. The number of phenolic OH excluding ortho intramolecular Hbond substituents is 1. The summed E-state index contributed by atoms with van der Waals surface area (Å²) in [5, 5.41) is 16.9. The zero-order valence-corrected chi connectivity index (χ0v) is 18.8. The molecule has 0 radical (unpaired) electrons. The first-order chi connectivity index (χ1) is 12.9. The Morgan fingerprint density at radius 1 is 1.14 bits per heavy atom. The molecule has 2 aromatic rings. The molecule has 2 N–H and O–H groups in total. The number of amides is 1. The molecule has 28 heavy (non-hydrogen) atoms. The van der Waals surface area contributed by atoms with Gasteiger partial charge in [0.05, 0.1) is 6.21 Å². The molecule has 0 unspecified atom stereocenters. The summed E-state index contributed by atoms with van der Waals surface area (Å²) in [6.07, 6.45) is 2.64. The Bertz CT molecular complexity index is 832. The van der Waals surface area contributed by atoms with Gasteiger partial charge < -0.3 is 5.11 Å². The van der Waals surface area contributed by atoms with Crippen LogP contribution in [0, 0.1) is 6.92 Å². The van der Waals surface area contributed by atoms with Gasteiger partial charge >= 0.3 is 0 Å². The number of aromatic hydroxyl groups is 1. The number of thiophene rings is 1. The van der Waals surface area contributed by atoms with Crippen LogP contribution in [0.4, 0.5) is 0 Å². The smallest absolute Gasteiger partial charge is 0.240 e. The lowest BCUT2D eigenvalue weighted by Crippen LogP contribution is -2.20. The average molecular weight is 401 g/mol. The lowest BCUT2D eigenvalue weighted by Gasteiger charge is -2.28. The topological polar surface area (TPSA) is 61.7 Å². The van der Waals surface area contributed by atoms with Crippen molar-refractivity contribution >= 4 is 23.5 Å². The Morgan fingerprint density at radius 2 is 1.71 bits per heavy atom. The third kappa shape index (κ3) is 5.68. The van der Waals surface area contributed by atoms with Crippen molar-refractivity contribution in [1.29, 1.82) is 0 Å². The molecule has 0 aliphatic rings. The molecule has 2 rings (SSSR count). The van der Waals surface area contributed by atoms with Gasteiger partial charge in [-0.05, 0) is 57.9 Å². The minimum atomic E-state index is -0.175. The molecular formula is C23H32N2O2S. The second kappa shape index (κ2) is 8.48. The number of hydrogen-bond donors (Lipinski definition) is 2. The first-order valence-corrected chi connectivity index (χ1v) is 10.5. The normalized spacial score (nSPS) is 12.5. The van der Waals surface area contributed by atoms with Crippen LogP contribution in [0.5, 0.6) is 5.75 Å². The van der Waals surface area contributed by atoms with Crippen LogP contribution >= 0.6 is 11.3 Å². The summed E-state index contributed by atoms with van der Waals surface area (Å²) in [6, 6.07) is 6.07. The number of carbonyl (C=O) groups excluding carboxylic acids is 1. The van der Waals surface area contributed by atoms with E-state index in [0.717, 1.165) is 27.1 Å². The lowest BCUT2D eigenvalue weighted by molar-refractivity contribution is -0.121. The monoisotopic (exact) mass is 400 g/mol. The van der Waals surface area contributed by atoms with Gasteiger partial charge in [-0.1, -0.05) is 53.7 Å². The highest BCUT2D eigenvalue weighted by Crippen LogP contribution is 2.39. The first-order valence-electron chi connectivity index (χ1n) is 9.62. The molecule has 5 heteroatoms. The van der Waals surface area contributed by atoms with Gasteiger partial charge in [0, 0.05) is 11.3 Å². The molecule has 152 valence electrons. The van der Waals surface area contributed by atoms with Crippen LogP contribution in [-0.4, -0.2) is 17.2 Å². The highest BCUT2D eigenvalue weighted by molar-refractivity contribution is 7.11. The highest BCUT2D eigenvalue weighted by Gasteiger charge is 2.26. The third-order valence-corrected chi connectivity index (χ3v) is 5.65. The van der Waals surface area contributed by atoms with Gasteiger partial charge in [0.25, 0.3) is 0 Å². The Labute approximate surface area is 172 Å². The Morgan fingerprint density at radius 3 is 2.18 bits per heavy atom. The molecule has 0 spiro atoms. The predicted molar refractivity (Wildman–Crippen MR) is 119 cm³/mol. The number of hydrazone groups is 1. The molecule has 0 aliphatic carbocycles. The van der Waals surface area contributed by atoms with Crippen molar-refractivity contribution in [2.24, 2.45) is 5.10 Å². The van der Waals surface area contributed by atoms with Crippen molar-refractivity contribution < 1.29 is 9.90 Å². The van der Waals surface area contributed by atoms with E-state index in [1.54, 1.807) is 17.6 Å². The van der Waals surface area contributed by atoms with Crippen LogP contribution in [0.15, 0.2) is 28.7 Å². The minimum Gasteiger partial charge on any atom is -0.507 e. The second-order valence-corrected chi connectivity index (χ2v) is 10.2. The Hall–Kier alpha value is -2.14. The standard InChI is InChI=1S/C23H32N2O2S/c1-15-10-11-28-19(15)14-24-25-20(26)9-8-16-12-17(22(2,3)4)21(27)18(13-16)23(5,6)7/h10-14,27H,8-9H2,1-7H3,(H,25,26)/b24-14-. The SMILES string of the molecule is Cc1ccsc1/C=N\NC(=O)CCc1cc(C(C)(C)C)c(O)c(C(C)(C)C)c1. The quantitative estimate of drug-likeness (QED) is 0.518. The molecule has 4 nitrogen and oxygen atoms in total. The van der Waals surface area contributed by atoms with Gasteiger partial charge in [-0.25, -0.2) is 5.43 Å². The van der Waals surface area contributed by atoms with E-state index in [1.807, 2.05) is 30.5 Å². The fourth-order valence-corrected chi connectivity index (χ4v) is 3.76. The predicted octanol–water partition coefficient (Wildman–Crippen LogP) is 5.44. The molecule has 0 saturated heterocycles. The van der Waals surface area contributed by atoms with Crippen molar-refractivity contribution in [2.45, 2.75) is 72.1 Å². The maximum absolute atomic E-state index is 12.2. The molecule has 0 aliphatic heterocycles. The summed E-state index contributed by atoms with van der Waals surface area (Å²) in [6.45, 7) is 14.6. The van der Waals surface area contributed by atoms with Crippen LogP contribution in [0.1, 0.15) is 75.1 Å². The molecule has 1 aromatic heterocycles. The first kappa shape index (κ1) is 22.2. The van der Waals surface area contributed by atoms with E-state index in [0.29, 0.717) is 18.6 Å². The number of nitrogens with zero attached hydrogens (tertiary/aromatic N) is 1. The summed E-state index contributed by atoms with van der Waals surface area (Å²) in [5.41, 5.74) is 6.30. The number of carbonyl (C=O) groups is 1. The molecule has 0 fully saturated rings. The lowest BCUT2D eigenvalue weighted by atomic mass is 9.78. The zero-order valence-electron chi connectivity index (χ0n) is 18.0. The van der Waals surface area contributed by atoms with E-state index < -0.39 is 0 Å². The Balaban J connectivity index is 2.12. The average Bonchev–Trinajstić information content (AvgIpc) is 2.97. The summed E-state index contributed by atoms with van der Waals surface area (Å²) >= 11 is 1.60. The van der Waals surface area contributed by atoms with Gasteiger partial charge in [-0.15, -0.1) is 11.3 Å². The molecule has 1 heterocycles. The molecule has 0 saturated carbocycles. The van der Waals surface area contributed by atoms with Crippen LogP contribution in [0.3, 0.4) is 0 Å². The molecule has 0 atom stereocenters. The molecule has 1 aromatic carbocycles. The van der Waals surface area contributed by atoms with Gasteiger partial charge in [0.2, 0.25) is 5.91 Å². The summed E-state index contributed by atoms with van der Waals surface area (Å²) in [7, 11) is 0. The van der Waals surface area contributed by atoms with Gasteiger partial charge in [-0.2, -0.15) is 5.10 Å². The van der Waals surface area contributed by atoms with Crippen molar-refractivity contribution in [3.8, 4) is 5.75 Å². The molecule has 1 amide bonds. The van der Waals surface area contributed by atoms with Crippen LogP contribution in [-0.2, 0) is 22.0 Å². The fraction of sp³-hybridized carbons (Fsp3) is 0.478. The van der Waals surface area contributed by atoms with Crippen molar-refractivity contribution in [2.75, 3.05) is 0 Å². The zero-order chi connectivity index (χ0) is 21.1. The Kier molecular flexibility index (Phi) is 6.71. The summed E-state index contributed by atoms with van der Waals surface area (Å²) < 4.78 is 0. The maximum atomic E-state index is 12.2. The van der Waals surface area contributed by atoms with Crippen LogP contribution < -0.4 is 5.43 Å². The van der Waals surface area contributed by atoms with E-state index in [-0.39, 0.29) is 16.7 Å². The van der Waals surface area contributed by atoms with E-state index in [9.17, 15) is 9.90 Å². The number of aryl methyl sites for hydroxylation is 2. The van der Waals surface area contributed by atoms with Gasteiger partial charge in [0.15, 0.2) is 0 Å². The van der Waals surface area contributed by atoms with Gasteiger partial charge in [-0.3, -0.25) is 4.79 Å². The molecular weight excluding hydrogens is 368 g/mol. The van der Waals surface area contributed by atoms with E-state index in [2.05, 4.69) is 52.1 Å². The van der Waals surface area contributed by atoms with Crippen molar-refractivity contribution in [3.05, 3.63) is 50.7 Å². The second-order valence-electron chi connectivity index (χ2n) is 9.30. The van der Waals surface area contributed by atoms with Crippen molar-refractivity contribution in [1.82, 2.24) is 5.43 Å². The molecule has 0 bridgehead atoms. The number of benzene rings is 1. The number of phenols is 1. The summed E-state index contributed by atoms with van der Waals surface area (Å²) in [5.74, 6) is 0.247. The third-order valence-electron chi connectivity index (χ3n) is 4.70. The number of rotatable bonds is 5. The largest absolute Gasteiger partial charge is 0.507 e. The van der Waals surface area contributed by atoms with E-state index in [1.165, 1.54) is 0 Å². The minimum absolute atomic E-state index is 0.117. The van der Waals surface area contributed by atoms with E-state index in [4.69, 9.17) is 0 Å². The number of nitrogens with one attached hydrogen (secondary N) is 1. The van der Waals surface area contributed by atoms with Gasteiger partial charge in [0.1, 0.15) is 5.75 Å². The van der Waals surface area contributed by atoms with Crippen molar-refractivity contribution in [3.63, 3.8) is 0 Å². The van der Waals surface area contributed by atoms with E-state index >= 15 is 0 Å². The van der Waals surface area contributed by atoms with Crippen LogP contribution in [0.2, 0.25) is 0 Å².